The Balaban J connectivity index is 1.74. The van der Waals surface area contributed by atoms with Crippen molar-refractivity contribution < 1.29 is 14.3 Å². The maximum Gasteiger partial charge on any atom is 0.253 e. The maximum absolute atomic E-state index is 13.3. The molecule has 4 nitrogen and oxygen atoms in total. The number of carbonyl (C=O) groups is 1. The molecule has 0 unspecified atom stereocenters. The molecular formula is C20H17FN2O2. The third-order valence-electron chi connectivity index (χ3n) is 3.84. The van der Waals surface area contributed by atoms with Gasteiger partial charge in [-0.3, -0.25) is 9.78 Å². The first-order chi connectivity index (χ1) is 12.2. The highest BCUT2D eigenvalue weighted by atomic mass is 19.1. The summed E-state index contributed by atoms with van der Waals surface area (Å²) in [4.78, 5) is 16.6. The predicted octanol–water partition coefficient (Wildman–Crippen LogP) is 3.35. The lowest BCUT2D eigenvalue weighted by Gasteiger charge is -2.16. The monoisotopic (exact) mass is 336 g/mol. The van der Waals surface area contributed by atoms with Crippen LogP contribution in [0.1, 0.15) is 22.0 Å². The zero-order valence-electron chi connectivity index (χ0n) is 13.4. The summed E-state index contributed by atoms with van der Waals surface area (Å²) in [6.07, 6.45) is 1.44. The fourth-order valence-electron chi connectivity index (χ4n) is 2.51. The fourth-order valence-corrected chi connectivity index (χ4v) is 2.51. The Hall–Kier alpha value is -3.05. The van der Waals surface area contributed by atoms with Gasteiger partial charge in [0.25, 0.3) is 5.91 Å². The van der Waals surface area contributed by atoms with E-state index in [0.717, 1.165) is 5.56 Å². The van der Waals surface area contributed by atoms with Crippen molar-refractivity contribution in [2.45, 2.75) is 6.04 Å². The third-order valence-corrected chi connectivity index (χ3v) is 3.84. The van der Waals surface area contributed by atoms with Crippen molar-refractivity contribution >= 4 is 5.91 Å². The fraction of sp³-hybridized carbons (Fsp3) is 0.100. The maximum atomic E-state index is 13.3. The van der Waals surface area contributed by atoms with E-state index in [1.165, 1.54) is 18.3 Å². The second-order valence-electron chi connectivity index (χ2n) is 5.56. The van der Waals surface area contributed by atoms with E-state index >= 15 is 0 Å². The summed E-state index contributed by atoms with van der Waals surface area (Å²) in [6.45, 7) is -0.204. The number of aliphatic hydroxyl groups is 1. The van der Waals surface area contributed by atoms with Gasteiger partial charge in [0.15, 0.2) is 0 Å². The number of benzene rings is 2. The van der Waals surface area contributed by atoms with E-state index in [1.54, 1.807) is 24.3 Å². The van der Waals surface area contributed by atoms with E-state index in [-0.39, 0.29) is 18.3 Å². The number of nitrogens with zero attached hydrogens (tertiary/aromatic N) is 1. The molecule has 3 aromatic rings. The molecule has 0 saturated heterocycles. The molecule has 1 amide bonds. The van der Waals surface area contributed by atoms with E-state index < -0.39 is 6.04 Å². The molecule has 0 aliphatic heterocycles. The van der Waals surface area contributed by atoms with Crippen LogP contribution in [-0.4, -0.2) is 22.6 Å². The Kier molecular flexibility index (Phi) is 5.16. The summed E-state index contributed by atoms with van der Waals surface area (Å²) in [5.74, 6) is -0.670. The van der Waals surface area contributed by atoms with Gasteiger partial charge in [0.05, 0.1) is 23.9 Å². The average molecular weight is 336 g/mol. The number of hydrogen-bond donors (Lipinski definition) is 2. The van der Waals surface area contributed by atoms with E-state index in [0.29, 0.717) is 16.8 Å². The quantitative estimate of drug-likeness (QED) is 0.751. The van der Waals surface area contributed by atoms with Gasteiger partial charge in [-0.05, 0) is 29.8 Å². The van der Waals surface area contributed by atoms with E-state index in [2.05, 4.69) is 10.3 Å². The molecule has 1 aromatic heterocycles. The minimum Gasteiger partial charge on any atom is -0.394 e. The van der Waals surface area contributed by atoms with Crippen molar-refractivity contribution in [3.63, 3.8) is 0 Å². The van der Waals surface area contributed by atoms with Crippen LogP contribution in [0.15, 0.2) is 72.9 Å². The molecule has 0 aliphatic rings. The molecule has 0 radical (unpaired) electrons. The first-order valence-electron chi connectivity index (χ1n) is 7.86. The van der Waals surface area contributed by atoms with Crippen LogP contribution in [0.2, 0.25) is 0 Å². The molecule has 2 N–H and O–H groups in total. The third kappa shape index (κ3) is 4.08. The van der Waals surface area contributed by atoms with Crippen LogP contribution in [0.3, 0.4) is 0 Å². The van der Waals surface area contributed by atoms with Crippen molar-refractivity contribution in [3.05, 3.63) is 89.9 Å². The molecule has 3 rings (SSSR count). The largest absolute Gasteiger partial charge is 0.394 e. The van der Waals surface area contributed by atoms with Gasteiger partial charge in [-0.2, -0.15) is 0 Å². The summed E-state index contributed by atoms with van der Waals surface area (Å²) >= 11 is 0. The summed E-state index contributed by atoms with van der Waals surface area (Å²) in [5, 5.41) is 12.3. The van der Waals surface area contributed by atoms with Gasteiger partial charge in [0, 0.05) is 11.8 Å². The highest BCUT2D eigenvalue weighted by Crippen LogP contribution is 2.18. The number of aromatic nitrogens is 1. The second kappa shape index (κ2) is 7.68. The zero-order chi connectivity index (χ0) is 17.6. The molecule has 1 heterocycles. The average Bonchev–Trinajstić information content (AvgIpc) is 2.67. The zero-order valence-corrected chi connectivity index (χ0v) is 13.4. The summed E-state index contributed by atoms with van der Waals surface area (Å²) in [6, 6.07) is 18.2. The van der Waals surface area contributed by atoms with Crippen LogP contribution in [-0.2, 0) is 0 Å². The van der Waals surface area contributed by atoms with Crippen LogP contribution >= 0.6 is 0 Å². The van der Waals surface area contributed by atoms with Crippen LogP contribution in [0.5, 0.6) is 0 Å². The molecule has 0 aliphatic carbocycles. The lowest BCUT2D eigenvalue weighted by molar-refractivity contribution is 0.0916. The Bertz CT molecular complexity index is 851. The van der Waals surface area contributed by atoms with Crippen molar-refractivity contribution in [3.8, 4) is 11.3 Å². The Morgan fingerprint density at radius 3 is 2.52 bits per heavy atom. The summed E-state index contributed by atoms with van der Waals surface area (Å²) in [5.41, 5.74) is 2.42. The Labute approximate surface area is 145 Å². The molecule has 1 atom stereocenters. The number of amides is 1. The standard InChI is InChI=1S/C20H17FN2O2/c21-17-8-4-7-15(11-17)18-10-9-16(12-22-18)20(25)23-19(13-24)14-5-2-1-3-6-14/h1-12,19,24H,13H2,(H,23,25)/t19-/m0/s1. The van der Waals surface area contributed by atoms with Crippen molar-refractivity contribution in [1.82, 2.24) is 10.3 Å². The first-order valence-corrected chi connectivity index (χ1v) is 7.86. The van der Waals surface area contributed by atoms with Gasteiger partial charge in [-0.25, -0.2) is 4.39 Å². The molecule has 25 heavy (non-hydrogen) atoms. The summed E-state index contributed by atoms with van der Waals surface area (Å²) in [7, 11) is 0. The lowest BCUT2D eigenvalue weighted by atomic mass is 10.1. The number of aliphatic hydroxyl groups excluding tert-OH is 1. The van der Waals surface area contributed by atoms with Gasteiger partial charge in [0.2, 0.25) is 0 Å². The molecular weight excluding hydrogens is 319 g/mol. The minimum absolute atomic E-state index is 0.204. The smallest absolute Gasteiger partial charge is 0.253 e. The molecule has 2 aromatic carbocycles. The van der Waals surface area contributed by atoms with E-state index in [9.17, 15) is 14.3 Å². The van der Waals surface area contributed by atoms with Crippen molar-refractivity contribution in [1.29, 1.82) is 0 Å². The minimum atomic E-state index is -0.489. The highest BCUT2D eigenvalue weighted by Gasteiger charge is 2.15. The van der Waals surface area contributed by atoms with Crippen LogP contribution < -0.4 is 5.32 Å². The van der Waals surface area contributed by atoms with Gasteiger partial charge >= 0.3 is 0 Å². The van der Waals surface area contributed by atoms with Crippen LogP contribution in [0.25, 0.3) is 11.3 Å². The van der Waals surface area contributed by atoms with Gasteiger partial charge < -0.3 is 10.4 Å². The van der Waals surface area contributed by atoms with Gasteiger partial charge in [-0.1, -0.05) is 42.5 Å². The summed E-state index contributed by atoms with van der Waals surface area (Å²) < 4.78 is 13.3. The Morgan fingerprint density at radius 1 is 1.08 bits per heavy atom. The number of halogens is 1. The molecule has 0 fully saturated rings. The van der Waals surface area contributed by atoms with Gasteiger partial charge in [-0.15, -0.1) is 0 Å². The molecule has 0 saturated carbocycles. The number of rotatable bonds is 5. The van der Waals surface area contributed by atoms with Crippen molar-refractivity contribution in [2.75, 3.05) is 6.61 Å². The molecule has 0 bridgehead atoms. The Morgan fingerprint density at radius 2 is 1.88 bits per heavy atom. The number of nitrogens with one attached hydrogen (secondary N) is 1. The number of carbonyl (C=O) groups excluding carboxylic acids is 1. The first kappa shape index (κ1) is 16.8. The normalized spacial score (nSPS) is 11.8. The lowest BCUT2D eigenvalue weighted by Crippen LogP contribution is -2.30. The SMILES string of the molecule is O=C(N[C@@H](CO)c1ccccc1)c1ccc(-c2cccc(F)c2)nc1. The number of hydrogen-bond acceptors (Lipinski definition) is 3. The molecule has 0 spiro atoms. The highest BCUT2D eigenvalue weighted by molar-refractivity contribution is 5.94. The second-order valence-corrected chi connectivity index (χ2v) is 5.56. The van der Waals surface area contributed by atoms with E-state index in [1.807, 2.05) is 30.3 Å². The topological polar surface area (TPSA) is 62.2 Å². The van der Waals surface area contributed by atoms with E-state index in [4.69, 9.17) is 0 Å². The van der Waals surface area contributed by atoms with Crippen LogP contribution in [0, 0.1) is 5.82 Å². The molecule has 126 valence electrons. The molecule has 5 heteroatoms. The number of pyridine rings is 1. The van der Waals surface area contributed by atoms with Gasteiger partial charge in [0.1, 0.15) is 5.82 Å². The predicted molar refractivity (Wildman–Crippen MR) is 93.4 cm³/mol. The van der Waals surface area contributed by atoms with Crippen LogP contribution in [0.4, 0.5) is 4.39 Å². The van der Waals surface area contributed by atoms with Crippen molar-refractivity contribution in [2.24, 2.45) is 0 Å².